The van der Waals surface area contributed by atoms with Gasteiger partial charge in [0.05, 0.1) is 6.04 Å². The smallest absolute Gasteiger partial charge is 0.279 e. The Kier molecular flexibility index (Phi) is 5.73. The first kappa shape index (κ1) is 17.8. The Hall–Kier alpha value is -1.62. The van der Waals surface area contributed by atoms with Gasteiger partial charge in [0.15, 0.2) is 10.3 Å². The highest BCUT2D eigenvalue weighted by Crippen LogP contribution is 2.36. The molecule has 0 aromatic heterocycles. The van der Waals surface area contributed by atoms with Crippen molar-refractivity contribution in [2.24, 2.45) is 9.98 Å². The number of hydrogen-bond donors (Lipinski definition) is 0. The molecule has 1 heterocycles. The van der Waals surface area contributed by atoms with Gasteiger partial charge < -0.3 is 0 Å². The highest BCUT2D eigenvalue weighted by molar-refractivity contribution is 8.29. The van der Waals surface area contributed by atoms with Crippen LogP contribution in [0.5, 0.6) is 0 Å². The van der Waals surface area contributed by atoms with Crippen molar-refractivity contribution in [2.75, 3.05) is 0 Å². The minimum Gasteiger partial charge on any atom is -0.296 e. The summed E-state index contributed by atoms with van der Waals surface area (Å²) >= 11 is 1.60. The molecule has 3 aliphatic rings. The van der Waals surface area contributed by atoms with E-state index in [4.69, 9.17) is 4.99 Å². The Balaban J connectivity index is 1.53. The third-order valence-corrected chi connectivity index (χ3v) is 6.58. The van der Waals surface area contributed by atoms with Gasteiger partial charge in [-0.05, 0) is 49.6 Å². The molecule has 2 aliphatic carbocycles. The molecule has 0 unspecified atom stereocenters. The molecule has 1 saturated heterocycles. The maximum absolute atomic E-state index is 12.5. The first-order chi connectivity index (χ1) is 12.8. The summed E-state index contributed by atoms with van der Waals surface area (Å²) in [5.74, 6) is -0.148. The summed E-state index contributed by atoms with van der Waals surface area (Å²) in [6, 6.07) is 10.3. The number of nitrogens with zero attached hydrogens (tertiary/aromatic N) is 3. The van der Waals surface area contributed by atoms with Gasteiger partial charge in [0.2, 0.25) is 0 Å². The molecule has 26 heavy (non-hydrogen) atoms. The van der Waals surface area contributed by atoms with Crippen LogP contribution in [0.3, 0.4) is 0 Å². The average Bonchev–Trinajstić information content (AvgIpc) is 2.69. The van der Waals surface area contributed by atoms with Crippen molar-refractivity contribution in [3.8, 4) is 0 Å². The van der Waals surface area contributed by atoms with Gasteiger partial charge in [0.25, 0.3) is 5.91 Å². The fourth-order valence-electron chi connectivity index (χ4n) is 4.14. The standard InChI is InChI=1S/C21H27N3OS/c25-19(16-10-4-1-5-11-16)23-21-24(18-14-8-3-9-15-18)20(26-21)22-17-12-6-2-7-13-17/h1,4-5,10-11,17-18H,2-3,6-9,12-15H2. The first-order valence-electron chi connectivity index (χ1n) is 10.0. The Morgan fingerprint density at radius 1 is 0.885 bits per heavy atom. The predicted molar refractivity (Wildman–Crippen MR) is 109 cm³/mol. The Morgan fingerprint density at radius 2 is 1.54 bits per heavy atom. The molecule has 2 saturated carbocycles. The highest BCUT2D eigenvalue weighted by Gasteiger charge is 2.39. The maximum atomic E-state index is 12.5. The van der Waals surface area contributed by atoms with Gasteiger partial charge in [-0.15, -0.1) is 0 Å². The zero-order valence-corrected chi connectivity index (χ0v) is 16.1. The van der Waals surface area contributed by atoms with E-state index in [0.29, 0.717) is 17.6 Å². The Morgan fingerprint density at radius 3 is 2.23 bits per heavy atom. The zero-order chi connectivity index (χ0) is 17.8. The third kappa shape index (κ3) is 4.03. The van der Waals surface area contributed by atoms with Gasteiger partial charge in [-0.1, -0.05) is 56.7 Å². The molecule has 0 spiro atoms. The maximum Gasteiger partial charge on any atom is 0.279 e. The second-order valence-electron chi connectivity index (χ2n) is 7.53. The number of rotatable bonds is 3. The van der Waals surface area contributed by atoms with E-state index < -0.39 is 0 Å². The molecule has 0 bridgehead atoms. The van der Waals surface area contributed by atoms with Crippen LogP contribution in [0.15, 0.2) is 40.3 Å². The van der Waals surface area contributed by atoms with Crippen LogP contribution in [0.25, 0.3) is 0 Å². The third-order valence-electron chi connectivity index (χ3n) is 5.62. The molecule has 1 aliphatic heterocycles. The second-order valence-corrected chi connectivity index (χ2v) is 8.47. The van der Waals surface area contributed by atoms with Gasteiger partial charge in [-0.25, -0.2) is 0 Å². The van der Waals surface area contributed by atoms with Gasteiger partial charge in [0, 0.05) is 11.6 Å². The molecule has 0 atom stereocenters. The van der Waals surface area contributed by atoms with Crippen LogP contribution in [0.2, 0.25) is 0 Å². The van der Waals surface area contributed by atoms with Crippen LogP contribution in [0, 0.1) is 0 Å². The van der Waals surface area contributed by atoms with E-state index in [0.717, 1.165) is 10.3 Å². The van der Waals surface area contributed by atoms with E-state index in [2.05, 4.69) is 9.89 Å². The van der Waals surface area contributed by atoms with E-state index in [1.165, 1.54) is 64.2 Å². The SMILES string of the molecule is O=C(N=C1SC(=NC2CCCCC2)N1C1CCCCC1)c1ccccc1. The number of amidine groups is 2. The quantitative estimate of drug-likeness (QED) is 0.730. The lowest BCUT2D eigenvalue weighted by atomic mass is 9.94. The van der Waals surface area contributed by atoms with E-state index in [-0.39, 0.29) is 5.91 Å². The fraction of sp³-hybridized carbons (Fsp3) is 0.571. The molecule has 3 fully saturated rings. The lowest BCUT2D eigenvalue weighted by Gasteiger charge is -2.43. The molecule has 4 nitrogen and oxygen atoms in total. The molecular formula is C21H27N3OS. The molecule has 1 aromatic rings. The summed E-state index contributed by atoms with van der Waals surface area (Å²) in [7, 11) is 0. The number of carbonyl (C=O) groups is 1. The van der Waals surface area contributed by atoms with Gasteiger partial charge >= 0.3 is 0 Å². The van der Waals surface area contributed by atoms with Crippen molar-refractivity contribution in [2.45, 2.75) is 76.3 Å². The van der Waals surface area contributed by atoms with Crippen molar-refractivity contribution in [1.29, 1.82) is 0 Å². The number of carbonyl (C=O) groups excluding carboxylic acids is 1. The molecule has 1 amide bonds. The summed E-state index contributed by atoms with van der Waals surface area (Å²) in [6.07, 6.45) is 12.6. The number of amides is 1. The lowest BCUT2D eigenvalue weighted by molar-refractivity contribution is 0.100. The minimum atomic E-state index is -0.148. The van der Waals surface area contributed by atoms with Crippen LogP contribution in [-0.4, -0.2) is 33.2 Å². The highest BCUT2D eigenvalue weighted by atomic mass is 32.2. The number of hydrogen-bond acceptors (Lipinski definition) is 3. The van der Waals surface area contributed by atoms with E-state index in [1.807, 2.05) is 30.3 Å². The van der Waals surface area contributed by atoms with Crippen molar-refractivity contribution in [3.63, 3.8) is 0 Å². The largest absolute Gasteiger partial charge is 0.296 e. The number of aliphatic imine (C=N–C) groups is 2. The topological polar surface area (TPSA) is 45.0 Å². The van der Waals surface area contributed by atoms with E-state index in [9.17, 15) is 4.79 Å². The van der Waals surface area contributed by atoms with Crippen LogP contribution in [-0.2, 0) is 0 Å². The summed E-state index contributed by atoms with van der Waals surface area (Å²) in [5.41, 5.74) is 0.655. The number of thioether (sulfide) groups is 1. The summed E-state index contributed by atoms with van der Waals surface area (Å²) < 4.78 is 0. The number of benzene rings is 1. The molecule has 4 rings (SSSR count). The van der Waals surface area contributed by atoms with Crippen LogP contribution >= 0.6 is 11.8 Å². The summed E-state index contributed by atoms with van der Waals surface area (Å²) in [4.78, 5) is 24.3. The second kappa shape index (κ2) is 8.38. The van der Waals surface area contributed by atoms with Gasteiger partial charge in [0.1, 0.15) is 0 Å². The Labute approximate surface area is 160 Å². The normalized spacial score (nSPS) is 25.5. The van der Waals surface area contributed by atoms with E-state index >= 15 is 0 Å². The van der Waals surface area contributed by atoms with Gasteiger partial charge in [-0.2, -0.15) is 4.99 Å². The van der Waals surface area contributed by atoms with Crippen LogP contribution < -0.4 is 0 Å². The summed E-state index contributed by atoms with van der Waals surface area (Å²) in [5, 5.41) is 1.95. The molecule has 1 aromatic carbocycles. The molecule has 0 radical (unpaired) electrons. The van der Waals surface area contributed by atoms with Crippen molar-refractivity contribution >= 4 is 28.0 Å². The molecular weight excluding hydrogens is 342 g/mol. The monoisotopic (exact) mass is 369 g/mol. The fourth-order valence-corrected chi connectivity index (χ4v) is 5.17. The molecule has 5 heteroatoms. The molecule has 138 valence electrons. The molecule has 0 N–H and O–H groups in total. The minimum absolute atomic E-state index is 0.148. The van der Waals surface area contributed by atoms with Crippen molar-refractivity contribution < 1.29 is 4.79 Å². The lowest BCUT2D eigenvalue weighted by Crippen LogP contribution is -2.52. The zero-order valence-electron chi connectivity index (χ0n) is 15.3. The predicted octanol–water partition coefficient (Wildman–Crippen LogP) is 5.25. The average molecular weight is 370 g/mol. The Bertz CT molecular complexity index is 688. The van der Waals surface area contributed by atoms with E-state index in [1.54, 1.807) is 11.8 Å². The van der Waals surface area contributed by atoms with Crippen LogP contribution in [0.4, 0.5) is 0 Å². The first-order valence-corrected chi connectivity index (χ1v) is 10.9. The summed E-state index contributed by atoms with van der Waals surface area (Å²) in [6.45, 7) is 0. The van der Waals surface area contributed by atoms with Crippen LogP contribution in [0.1, 0.15) is 74.6 Å². The van der Waals surface area contributed by atoms with Crippen molar-refractivity contribution in [3.05, 3.63) is 35.9 Å². The van der Waals surface area contributed by atoms with Crippen molar-refractivity contribution in [1.82, 2.24) is 4.90 Å². The van der Waals surface area contributed by atoms with Gasteiger partial charge in [-0.3, -0.25) is 14.7 Å².